The SMILES string of the molecule is C/C=C/C(C)c1ccc(C)cc1N. The zero-order valence-electron chi connectivity index (χ0n) is 8.54. The normalized spacial score (nSPS) is 13.5. The summed E-state index contributed by atoms with van der Waals surface area (Å²) >= 11 is 0. The molecule has 0 aromatic heterocycles. The number of allylic oxidation sites excluding steroid dienone is 2. The molecule has 0 radical (unpaired) electrons. The predicted molar refractivity (Wildman–Crippen MR) is 58.8 cm³/mol. The van der Waals surface area contributed by atoms with E-state index < -0.39 is 0 Å². The zero-order valence-corrected chi connectivity index (χ0v) is 8.54. The van der Waals surface area contributed by atoms with Crippen molar-refractivity contribution < 1.29 is 0 Å². The number of hydrogen-bond acceptors (Lipinski definition) is 1. The number of rotatable bonds is 2. The van der Waals surface area contributed by atoms with E-state index in [1.165, 1.54) is 11.1 Å². The van der Waals surface area contributed by atoms with Gasteiger partial charge in [0.25, 0.3) is 0 Å². The molecular weight excluding hydrogens is 158 g/mol. The fourth-order valence-corrected chi connectivity index (χ4v) is 1.50. The van der Waals surface area contributed by atoms with Crippen molar-refractivity contribution in [2.24, 2.45) is 0 Å². The molecule has 1 heteroatoms. The summed E-state index contributed by atoms with van der Waals surface area (Å²) in [6.45, 7) is 6.24. The number of aryl methyl sites for hydroxylation is 1. The molecule has 0 aliphatic heterocycles. The van der Waals surface area contributed by atoms with Crippen molar-refractivity contribution in [3.63, 3.8) is 0 Å². The molecular formula is C12H17N. The molecule has 0 saturated heterocycles. The number of nitrogens with two attached hydrogens (primary N) is 1. The van der Waals surface area contributed by atoms with Crippen molar-refractivity contribution in [1.82, 2.24) is 0 Å². The van der Waals surface area contributed by atoms with Crippen LogP contribution in [0.2, 0.25) is 0 Å². The van der Waals surface area contributed by atoms with E-state index >= 15 is 0 Å². The van der Waals surface area contributed by atoms with Crippen LogP contribution >= 0.6 is 0 Å². The zero-order chi connectivity index (χ0) is 9.84. The third kappa shape index (κ3) is 2.35. The molecule has 0 spiro atoms. The molecule has 1 atom stereocenters. The monoisotopic (exact) mass is 175 g/mol. The largest absolute Gasteiger partial charge is 0.398 e. The van der Waals surface area contributed by atoms with Crippen molar-refractivity contribution in [2.75, 3.05) is 5.73 Å². The molecule has 0 aliphatic carbocycles. The Balaban J connectivity index is 3.01. The maximum Gasteiger partial charge on any atom is 0.0355 e. The van der Waals surface area contributed by atoms with Crippen LogP contribution in [0, 0.1) is 6.92 Å². The average Bonchev–Trinajstić information content (AvgIpc) is 2.04. The molecule has 0 heterocycles. The summed E-state index contributed by atoms with van der Waals surface area (Å²) in [6, 6.07) is 6.23. The third-order valence-corrected chi connectivity index (χ3v) is 2.21. The van der Waals surface area contributed by atoms with Gasteiger partial charge >= 0.3 is 0 Å². The first-order valence-electron chi connectivity index (χ1n) is 4.64. The number of nitrogen functional groups attached to an aromatic ring is 1. The highest BCUT2D eigenvalue weighted by Crippen LogP contribution is 2.23. The van der Waals surface area contributed by atoms with E-state index in [4.69, 9.17) is 5.73 Å². The van der Waals surface area contributed by atoms with E-state index in [-0.39, 0.29) is 0 Å². The van der Waals surface area contributed by atoms with Crippen LogP contribution in [0.4, 0.5) is 5.69 Å². The van der Waals surface area contributed by atoms with Gasteiger partial charge in [-0.1, -0.05) is 31.2 Å². The summed E-state index contributed by atoms with van der Waals surface area (Å²) in [4.78, 5) is 0. The van der Waals surface area contributed by atoms with Crippen LogP contribution in [-0.4, -0.2) is 0 Å². The maximum absolute atomic E-state index is 5.92. The third-order valence-electron chi connectivity index (χ3n) is 2.21. The summed E-state index contributed by atoms with van der Waals surface area (Å²) < 4.78 is 0. The fourth-order valence-electron chi connectivity index (χ4n) is 1.50. The van der Waals surface area contributed by atoms with Gasteiger partial charge in [-0.05, 0) is 31.0 Å². The lowest BCUT2D eigenvalue weighted by atomic mass is 9.98. The topological polar surface area (TPSA) is 26.0 Å². The van der Waals surface area contributed by atoms with E-state index in [0.717, 1.165) is 5.69 Å². The highest BCUT2D eigenvalue weighted by molar-refractivity contribution is 5.51. The van der Waals surface area contributed by atoms with Gasteiger partial charge in [0, 0.05) is 11.6 Å². The molecule has 1 aromatic rings. The standard InChI is InChI=1S/C12H17N/c1-4-5-10(3)11-7-6-9(2)8-12(11)13/h4-8,10H,13H2,1-3H3/b5-4+. The van der Waals surface area contributed by atoms with Gasteiger partial charge in [-0.2, -0.15) is 0 Å². The predicted octanol–water partition coefficient (Wildman–Crippen LogP) is 3.26. The van der Waals surface area contributed by atoms with Gasteiger partial charge in [-0.15, -0.1) is 0 Å². The van der Waals surface area contributed by atoms with E-state index in [9.17, 15) is 0 Å². The highest BCUT2D eigenvalue weighted by atomic mass is 14.6. The first-order valence-corrected chi connectivity index (χ1v) is 4.64. The Bertz CT molecular complexity index is 313. The summed E-state index contributed by atoms with van der Waals surface area (Å²) in [6.07, 6.45) is 4.21. The molecule has 0 fully saturated rings. The Kier molecular flexibility index (Phi) is 3.13. The smallest absolute Gasteiger partial charge is 0.0355 e. The van der Waals surface area contributed by atoms with Crippen LogP contribution in [0.15, 0.2) is 30.4 Å². The summed E-state index contributed by atoms with van der Waals surface area (Å²) in [5.74, 6) is 0.408. The van der Waals surface area contributed by atoms with Crippen molar-refractivity contribution >= 4 is 5.69 Å². The first-order chi connectivity index (χ1) is 6.15. The second kappa shape index (κ2) is 4.13. The number of anilines is 1. The van der Waals surface area contributed by atoms with Crippen LogP contribution < -0.4 is 5.73 Å². The van der Waals surface area contributed by atoms with Crippen LogP contribution in [0.5, 0.6) is 0 Å². The van der Waals surface area contributed by atoms with Crippen LogP contribution in [0.1, 0.15) is 30.9 Å². The van der Waals surface area contributed by atoms with Crippen LogP contribution in [-0.2, 0) is 0 Å². The van der Waals surface area contributed by atoms with E-state index in [1.807, 2.05) is 13.0 Å². The molecule has 1 rings (SSSR count). The maximum atomic E-state index is 5.92. The van der Waals surface area contributed by atoms with Crippen LogP contribution in [0.25, 0.3) is 0 Å². The fraction of sp³-hybridized carbons (Fsp3) is 0.333. The number of benzene rings is 1. The van der Waals surface area contributed by atoms with Crippen LogP contribution in [0.3, 0.4) is 0 Å². The van der Waals surface area contributed by atoms with Crippen molar-refractivity contribution in [2.45, 2.75) is 26.7 Å². The Morgan fingerprint density at radius 3 is 2.62 bits per heavy atom. The van der Waals surface area contributed by atoms with Gasteiger partial charge in [-0.25, -0.2) is 0 Å². The molecule has 13 heavy (non-hydrogen) atoms. The lowest BCUT2D eigenvalue weighted by Gasteiger charge is -2.10. The second-order valence-electron chi connectivity index (χ2n) is 3.45. The van der Waals surface area contributed by atoms with Gasteiger partial charge < -0.3 is 5.73 Å². The quantitative estimate of drug-likeness (QED) is 0.542. The molecule has 70 valence electrons. The number of hydrogen-bond donors (Lipinski definition) is 1. The Hall–Kier alpha value is -1.24. The van der Waals surface area contributed by atoms with E-state index in [0.29, 0.717) is 5.92 Å². The Morgan fingerprint density at radius 1 is 1.38 bits per heavy atom. The van der Waals surface area contributed by atoms with E-state index in [2.05, 4.69) is 38.1 Å². The Morgan fingerprint density at radius 2 is 2.08 bits per heavy atom. The second-order valence-corrected chi connectivity index (χ2v) is 3.45. The minimum Gasteiger partial charge on any atom is -0.398 e. The minimum atomic E-state index is 0.408. The average molecular weight is 175 g/mol. The summed E-state index contributed by atoms with van der Waals surface area (Å²) in [5, 5.41) is 0. The van der Waals surface area contributed by atoms with E-state index in [1.54, 1.807) is 0 Å². The lowest BCUT2D eigenvalue weighted by molar-refractivity contribution is 0.967. The molecule has 0 bridgehead atoms. The van der Waals surface area contributed by atoms with Gasteiger partial charge in [0.15, 0.2) is 0 Å². The molecule has 0 amide bonds. The van der Waals surface area contributed by atoms with Crippen molar-refractivity contribution in [3.05, 3.63) is 41.5 Å². The summed E-state index contributed by atoms with van der Waals surface area (Å²) in [7, 11) is 0. The Labute approximate surface area is 80.3 Å². The highest BCUT2D eigenvalue weighted by Gasteiger charge is 2.04. The molecule has 1 unspecified atom stereocenters. The molecule has 0 saturated carbocycles. The lowest BCUT2D eigenvalue weighted by Crippen LogP contribution is -1.97. The molecule has 2 N–H and O–H groups in total. The van der Waals surface area contributed by atoms with Crippen molar-refractivity contribution in [1.29, 1.82) is 0 Å². The van der Waals surface area contributed by atoms with Crippen molar-refractivity contribution in [3.8, 4) is 0 Å². The van der Waals surface area contributed by atoms with Gasteiger partial charge in [-0.3, -0.25) is 0 Å². The van der Waals surface area contributed by atoms with Gasteiger partial charge in [0.05, 0.1) is 0 Å². The van der Waals surface area contributed by atoms with Gasteiger partial charge in [0.1, 0.15) is 0 Å². The minimum absolute atomic E-state index is 0.408. The molecule has 0 aliphatic rings. The summed E-state index contributed by atoms with van der Waals surface area (Å²) in [5.41, 5.74) is 9.24. The molecule has 1 aromatic carbocycles. The first kappa shape index (κ1) is 9.85. The van der Waals surface area contributed by atoms with Gasteiger partial charge in [0.2, 0.25) is 0 Å². The molecule has 1 nitrogen and oxygen atoms in total.